The van der Waals surface area contributed by atoms with E-state index < -0.39 is 12.0 Å². The smallest absolute Gasteiger partial charge is 0.338 e. The van der Waals surface area contributed by atoms with Crippen LogP contribution < -0.4 is 19.6 Å². The predicted molar refractivity (Wildman–Crippen MR) is 134 cm³/mol. The first-order chi connectivity index (χ1) is 16.3. The zero-order valence-corrected chi connectivity index (χ0v) is 20.8. The lowest BCUT2D eigenvalue weighted by Gasteiger charge is -2.25. The van der Waals surface area contributed by atoms with Crippen LogP contribution in [-0.2, 0) is 9.53 Å². The number of carbonyl (C=O) groups is 1. The monoisotopic (exact) mass is 476 g/mol. The molecule has 6 nitrogen and oxygen atoms in total. The number of allylic oxidation sites excluding steroid dienone is 1. The van der Waals surface area contributed by atoms with Crippen LogP contribution in [0.1, 0.15) is 56.3 Å². The Hall–Kier alpha value is -3.45. The highest BCUT2D eigenvalue weighted by Gasteiger charge is 2.33. The molecule has 176 valence electrons. The van der Waals surface area contributed by atoms with E-state index in [0.717, 1.165) is 16.9 Å². The third-order valence-electron chi connectivity index (χ3n) is 5.85. The Morgan fingerprint density at radius 2 is 1.82 bits per heavy atom. The van der Waals surface area contributed by atoms with Crippen LogP contribution in [0, 0.1) is 0 Å². The van der Waals surface area contributed by atoms with Gasteiger partial charge >= 0.3 is 5.97 Å². The van der Waals surface area contributed by atoms with Crippen LogP contribution in [0.3, 0.4) is 0 Å². The van der Waals surface area contributed by atoms with Gasteiger partial charge in [0.25, 0.3) is 5.56 Å². The number of fused-ring (bicyclic) bond motifs is 1. The molecule has 0 fully saturated rings. The molecule has 0 spiro atoms. The highest BCUT2D eigenvalue weighted by atomic mass is 32.1. The molecule has 1 atom stereocenters. The van der Waals surface area contributed by atoms with E-state index in [4.69, 9.17) is 9.47 Å². The van der Waals surface area contributed by atoms with E-state index in [1.807, 2.05) is 54.6 Å². The molecule has 1 aliphatic heterocycles. The zero-order valence-electron chi connectivity index (χ0n) is 20.0. The van der Waals surface area contributed by atoms with E-state index >= 15 is 0 Å². The lowest BCUT2D eigenvalue weighted by molar-refractivity contribution is -0.139. The average Bonchev–Trinajstić information content (AvgIpc) is 3.13. The minimum absolute atomic E-state index is 0.188. The van der Waals surface area contributed by atoms with Crippen molar-refractivity contribution in [3.05, 3.63) is 96.2 Å². The van der Waals surface area contributed by atoms with Crippen molar-refractivity contribution in [2.45, 2.75) is 39.7 Å². The second-order valence-electron chi connectivity index (χ2n) is 8.40. The summed E-state index contributed by atoms with van der Waals surface area (Å²) in [6.07, 6.45) is 1.84. The summed E-state index contributed by atoms with van der Waals surface area (Å²) < 4.78 is 12.7. The summed E-state index contributed by atoms with van der Waals surface area (Å²) in [4.78, 5) is 31.8. The minimum atomic E-state index is -0.602. The highest BCUT2D eigenvalue weighted by molar-refractivity contribution is 7.07. The molecule has 1 aliphatic rings. The van der Waals surface area contributed by atoms with E-state index in [0.29, 0.717) is 26.5 Å². The molecule has 0 radical (unpaired) electrons. The van der Waals surface area contributed by atoms with Crippen LogP contribution in [0.25, 0.3) is 6.08 Å². The van der Waals surface area contributed by atoms with Gasteiger partial charge in [-0.1, -0.05) is 61.6 Å². The number of aromatic nitrogens is 1. The molecule has 0 N–H and O–H groups in total. The minimum Gasteiger partial charge on any atom is -0.497 e. The molecule has 2 aromatic carbocycles. The molecule has 1 aromatic heterocycles. The summed E-state index contributed by atoms with van der Waals surface area (Å²) >= 11 is 1.31. The van der Waals surface area contributed by atoms with Crippen molar-refractivity contribution in [3.63, 3.8) is 0 Å². The quantitative estimate of drug-likeness (QED) is 0.506. The Balaban J connectivity index is 1.90. The number of nitrogens with zero attached hydrogens (tertiary/aromatic N) is 2. The largest absolute Gasteiger partial charge is 0.497 e. The van der Waals surface area contributed by atoms with Gasteiger partial charge in [-0.2, -0.15) is 0 Å². The molecule has 0 amide bonds. The summed E-state index contributed by atoms with van der Waals surface area (Å²) in [6, 6.07) is 15.0. The van der Waals surface area contributed by atoms with Gasteiger partial charge in [0.1, 0.15) is 5.75 Å². The first kappa shape index (κ1) is 23.7. The standard InChI is InChI=1S/C27H28N2O4S/c1-6-33-26(31)23-17(4)28-27-29(24(23)20-11-9-19(10-12-20)16(2)3)25(30)22(34-27)15-18-7-13-21(32-5)14-8-18/h7-16,24H,6H2,1-5H3/b22-15-. The van der Waals surface area contributed by atoms with Gasteiger partial charge in [0.2, 0.25) is 0 Å². The average molecular weight is 477 g/mol. The Morgan fingerprint density at radius 3 is 2.41 bits per heavy atom. The number of carbonyl (C=O) groups excluding carboxylic acids is 1. The molecule has 0 saturated heterocycles. The second kappa shape index (κ2) is 9.81. The number of thiazole rings is 1. The topological polar surface area (TPSA) is 69.9 Å². The molecule has 0 saturated carbocycles. The number of ether oxygens (including phenoxy) is 2. The van der Waals surface area contributed by atoms with Gasteiger partial charge in [0.15, 0.2) is 4.80 Å². The maximum Gasteiger partial charge on any atom is 0.338 e. The lowest BCUT2D eigenvalue weighted by atomic mass is 9.93. The molecule has 34 heavy (non-hydrogen) atoms. The SMILES string of the molecule is CCOC(=O)C1=C(C)N=c2s/c(=C\c3ccc(OC)cc3)c(=O)n2C1c1ccc(C(C)C)cc1. The van der Waals surface area contributed by atoms with E-state index in [-0.39, 0.29) is 12.2 Å². The molecular formula is C27H28N2O4S. The Morgan fingerprint density at radius 1 is 1.15 bits per heavy atom. The van der Waals surface area contributed by atoms with Gasteiger partial charge in [-0.3, -0.25) is 9.36 Å². The Kier molecular flexibility index (Phi) is 6.84. The maximum atomic E-state index is 13.6. The number of hydrogen-bond acceptors (Lipinski definition) is 6. The van der Waals surface area contributed by atoms with Crippen LogP contribution in [0.5, 0.6) is 5.75 Å². The van der Waals surface area contributed by atoms with Gasteiger partial charge < -0.3 is 9.47 Å². The number of benzene rings is 2. The fourth-order valence-electron chi connectivity index (χ4n) is 4.02. The van der Waals surface area contributed by atoms with Crippen LogP contribution in [0.4, 0.5) is 0 Å². The number of methoxy groups -OCH3 is 1. The van der Waals surface area contributed by atoms with Crippen LogP contribution in [0.15, 0.2) is 69.6 Å². The molecule has 0 aliphatic carbocycles. The highest BCUT2D eigenvalue weighted by Crippen LogP contribution is 2.31. The van der Waals surface area contributed by atoms with Crippen molar-refractivity contribution in [2.24, 2.45) is 4.99 Å². The third-order valence-corrected chi connectivity index (χ3v) is 6.83. The summed E-state index contributed by atoms with van der Waals surface area (Å²) in [6.45, 7) is 8.07. The van der Waals surface area contributed by atoms with Crippen LogP contribution in [-0.4, -0.2) is 24.3 Å². The van der Waals surface area contributed by atoms with Crippen molar-refractivity contribution in [2.75, 3.05) is 13.7 Å². The lowest BCUT2D eigenvalue weighted by Crippen LogP contribution is -2.39. The van der Waals surface area contributed by atoms with E-state index in [9.17, 15) is 9.59 Å². The Labute approximate surface area is 202 Å². The van der Waals surface area contributed by atoms with Crippen molar-refractivity contribution < 1.29 is 14.3 Å². The molecule has 4 rings (SSSR count). The van der Waals surface area contributed by atoms with Gasteiger partial charge in [0, 0.05) is 0 Å². The molecule has 0 bridgehead atoms. The fourth-order valence-corrected chi connectivity index (χ4v) is 5.07. The third kappa shape index (κ3) is 4.48. The summed E-state index contributed by atoms with van der Waals surface area (Å²) in [5.41, 5.74) is 3.68. The van der Waals surface area contributed by atoms with E-state index in [2.05, 4.69) is 18.8 Å². The van der Waals surface area contributed by atoms with Crippen molar-refractivity contribution >= 4 is 23.4 Å². The maximum absolute atomic E-state index is 13.6. The van der Waals surface area contributed by atoms with Crippen molar-refractivity contribution in [1.82, 2.24) is 4.57 Å². The molecular weight excluding hydrogens is 448 g/mol. The molecule has 2 heterocycles. The predicted octanol–water partition coefficient (Wildman–Crippen LogP) is 3.93. The summed E-state index contributed by atoms with van der Waals surface area (Å²) in [5, 5.41) is 0. The number of hydrogen-bond donors (Lipinski definition) is 0. The van der Waals surface area contributed by atoms with Crippen LogP contribution in [0.2, 0.25) is 0 Å². The summed E-state index contributed by atoms with van der Waals surface area (Å²) in [5.74, 6) is 0.673. The molecule has 3 aromatic rings. The number of esters is 1. The van der Waals surface area contributed by atoms with Crippen molar-refractivity contribution in [3.8, 4) is 5.75 Å². The second-order valence-corrected chi connectivity index (χ2v) is 9.41. The van der Waals surface area contributed by atoms with Gasteiger partial charge in [0.05, 0.1) is 35.6 Å². The zero-order chi connectivity index (χ0) is 24.4. The first-order valence-electron chi connectivity index (χ1n) is 11.3. The first-order valence-corrected chi connectivity index (χ1v) is 12.1. The normalized spacial score (nSPS) is 15.8. The van der Waals surface area contributed by atoms with Crippen LogP contribution >= 0.6 is 11.3 Å². The number of rotatable bonds is 6. The fraction of sp³-hybridized carbons (Fsp3) is 0.296. The summed E-state index contributed by atoms with van der Waals surface area (Å²) in [7, 11) is 1.62. The molecule has 1 unspecified atom stereocenters. The van der Waals surface area contributed by atoms with Crippen molar-refractivity contribution in [1.29, 1.82) is 0 Å². The van der Waals surface area contributed by atoms with E-state index in [1.165, 1.54) is 16.9 Å². The van der Waals surface area contributed by atoms with Gasteiger partial charge in [-0.05, 0) is 54.7 Å². The van der Waals surface area contributed by atoms with Gasteiger partial charge in [-0.15, -0.1) is 0 Å². The Bertz CT molecular complexity index is 1410. The van der Waals surface area contributed by atoms with E-state index in [1.54, 1.807) is 25.5 Å². The van der Waals surface area contributed by atoms with Gasteiger partial charge in [-0.25, -0.2) is 9.79 Å². The molecule has 7 heteroatoms.